The van der Waals surface area contributed by atoms with E-state index in [4.69, 9.17) is 9.84 Å². The lowest BCUT2D eigenvalue weighted by atomic mass is 10.1. The van der Waals surface area contributed by atoms with Crippen molar-refractivity contribution in [3.05, 3.63) is 41.1 Å². The summed E-state index contributed by atoms with van der Waals surface area (Å²) in [7, 11) is 5.34. The molecule has 25 heavy (non-hydrogen) atoms. The van der Waals surface area contributed by atoms with Crippen molar-refractivity contribution in [1.29, 1.82) is 0 Å². The number of nitrogens with one attached hydrogen (secondary N) is 1. The normalized spacial score (nSPS) is 14.4. The number of esters is 1. The third kappa shape index (κ3) is 4.80. The molecule has 7 heteroatoms. The molecule has 1 amide bonds. The molecule has 0 atom stereocenters. The van der Waals surface area contributed by atoms with Gasteiger partial charge in [0.2, 0.25) is 0 Å². The maximum absolute atomic E-state index is 12.5. The summed E-state index contributed by atoms with van der Waals surface area (Å²) in [5.74, 6) is -0.856. The number of amides is 1. The first-order valence-corrected chi connectivity index (χ1v) is 8.18. The highest BCUT2D eigenvalue weighted by atomic mass is 16.5. The van der Waals surface area contributed by atoms with Gasteiger partial charge in [-0.25, -0.2) is 4.79 Å². The molecular weight excluding hydrogens is 322 g/mol. The van der Waals surface area contributed by atoms with Crippen molar-refractivity contribution in [2.75, 3.05) is 52.8 Å². The van der Waals surface area contributed by atoms with E-state index in [1.54, 1.807) is 0 Å². The van der Waals surface area contributed by atoms with Crippen LogP contribution in [0.15, 0.2) is 35.5 Å². The van der Waals surface area contributed by atoms with Crippen LogP contribution >= 0.6 is 0 Å². The number of rotatable bonds is 8. The molecule has 0 saturated carbocycles. The molecule has 7 nitrogen and oxygen atoms in total. The minimum Gasteiger partial charge on any atom is -0.466 e. The first kappa shape index (κ1) is 19.0. The van der Waals surface area contributed by atoms with Gasteiger partial charge in [-0.15, -0.1) is 0 Å². The average molecular weight is 347 g/mol. The highest BCUT2D eigenvalue weighted by Crippen LogP contribution is 2.23. The van der Waals surface area contributed by atoms with E-state index in [0.717, 1.165) is 18.7 Å². The molecule has 136 valence electrons. The van der Waals surface area contributed by atoms with E-state index in [-0.39, 0.29) is 36.9 Å². The van der Waals surface area contributed by atoms with Crippen molar-refractivity contribution < 1.29 is 19.4 Å². The van der Waals surface area contributed by atoms with Gasteiger partial charge in [0.15, 0.2) is 0 Å². The molecule has 2 N–H and O–H groups in total. The van der Waals surface area contributed by atoms with Crippen molar-refractivity contribution in [1.82, 2.24) is 9.80 Å². The fourth-order valence-corrected chi connectivity index (χ4v) is 2.60. The second kappa shape index (κ2) is 8.64. The average Bonchev–Trinajstić information content (AvgIpc) is 2.90. The molecule has 2 rings (SSSR count). The van der Waals surface area contributed by atoms with Gasteiger partial charge in [-0.2, -0.15) is 0 Å². The van der Waals surface area contributed by atoms with Crippen LogP contribution in [0.4, 0.5) is 5.69 Å². The summed E-state index contributed by atoms with van der Waals surface area (Å²) < 4.78 is 4.77. The maximum Gasteiger partial charge on any atom is 0.337 e. The van der Waals surface area contributed by atoms with Crippen molar-refractivity contribution >= 4 is 17.6 Å². The Morgan fingerprint density at radius 1 is 1.32 bits per heavy atom. The van der Waals surface area contributed by atoms with Crippen LogP contribution in [0.2, 0.25) is 0 Å². The van der Waals surface area contributed by atoms with Crippen LogP contribution in [0.3, 0.4) is 0 Å². The number of aliphatic hydroxyl groups excluding tert-OH is 1. The number of anilines is 1. The van der Waals surface area contributed by atoms with E-state index in [2.05, 4.69) is 10.2 Å². The largest absolute Gasteiger partial charge is 0.466 e. The van der Waals surface area contributed by atoms with Crippen molar-refractivity contribution in [2.45, 2.75) is 6.42 Å². The van der Waals surface area contributed by atoms with Gasteiger partial charge in [-0.05, 0) is 38.2 Å². The molecule has 0 radical (unpaired) electrons. The molecule has 0 unspecified atom stereocenters. The monoisotopic (exact) mass is 347 g/mol. The van der Waals surface area contributed by atoms with E-state index >= 15 is 0 Å². The third-order valence-electron chi connectivity index (χ3n) is 4.02. The Labute approximate surface area is 147 Å². The van der Waals surface area contributed by atoms with E-state index in [9.17, 15) is 9.59 Å². The number of carbonyl (C=O) groups is 2. The van der Waals surface area contributed by atoms with E-state index in [1.165, 1.54) is 17.6 Å². The zero-order chi connectivity index (χ0) is 18.4. The Morgan fingerprint density at radius 2 is 2.00 bits per heavy atom. The number of ether oxygens (including phenoxy) is 1. The van der Waals surface area contributed by atoms with Gasteiger partial charge < -0.3 is 25.0 Å². The Balaban J connectivity index is 2.14. The van der Waals surface area contributed by atoms with Crippen LogP contribution in [-0.2, 0) is 20.7 Å². The zero-order valence-corrected chi connectivity index (χ0v) is 14.9. The number of carbonyl (C=O) groups excluding carboxylic acids is 2. The van der Waals surface area contributed by atoms with Crippen LogP contribution in [0.5, 0.6) is 0 Å². The Kier molecular flexibility index (Phi) is 6.55. The molecule has 0 bridgehead atoms. The van der Waals surface area contributed by atoms with E-state index in [1.807, 2.05) is 38.4 Å². The topological polar surface area (TPSA) is 82.1 Å². The lowest BCUT2D eigenvalue weighted by molar-refractivity contribution is -0.136. The highest BCUT2D eigenvalue weighted by Gasteiger charge is 2.34. The van der Waals surface area contributed by atoms with Gasteiger partial charge in [0, 0.05) is 18.8 Å². The molecule has 0 fully saturated rings. The number of benzene rings is 1. The number of β-amino-alcohol motifs (C(OH)–C–C–N with tert-alkyl or cyclic N) is 1. The second-order valence-electron chi connectivity index (χ2n) is 6.17. The predicted octanol–water partition coefficient (Wildman–Crippen LogP) is 0.464. The summed E-state index contributed by atoms with van der Waals surface area (Å²) in [4.78, 5) is 27.9. The summed E-state index contributed by atoms with van der Waals surface area (Å²) in [5, 5.41) is 12.1. The maximum atomic E-state index is 12.5. The number of nitrogens with zero attached hydrogens (tertiary/aromatic N) is 2. The van der Waals surface area contributed by atoms with Crippen LogP contribution < -0.4 is 5.32 Å². The van der Waals surface area contributed by atoms with Gasteiger partial charge in [-0.1, -0.05) is 12.1 Å². The first-order valence-electron chi connectivity index (χ1n) is 8.18. The lowest BCUT2D eigenvalue weighted by Crippen LogP contribution is -2.31. The quantitative estimate of drug-likeness (QED) is 0.665. The number of aliphatic hydroxyl groups is 1. The summed E-state index contributed by atoms with van der Waals surface area (Å²) in [5.41, 5.74) is 2.41. The van der Waals surface area contributed by atoms with Crippen LogP contribution in [0.1, 0.15) is 5.56 Å². The lowest BCUT2D eigenvalue weighted by Gasteiger charge is -2.15. The van der Waals surface area contributed by atoms with Gasteiger partial charge in [-0.3, -0.25) is 4.79 Å². The summed E-state index contributed by atoms with van der Waals surface area (Å²) in [6, 6.07) is 7.76. The SMILES string of the molecule is COC(=O)C1=C(Nc2ccc(CCN(C)C)cc2)C(=O)N(CCO)C1. The van der Waals surface area contributed by atoms with Gasteiger partial charge in [0.05, 0.1) is 25.8 Å². The van der Waals surface area contributed by atoms with Crippen molar-refractivity contribution in [2.24, 2.45) is 0 Å². The molecule has 0 saturated heterocycles. The molecular formula is C18H25N3O4. The fraction of sp³-hybridized carbons (Fsp3) is 0.444. The summed E-state index contributed by atoms with van der Waals surface area (Å²) >= 11 is 0. The molecule has 1 heterocycles. The Morgan fingerprint density at radius 3 is 2.56 bits per heavy atom. The van der Waals surface area contributed by atoms with E-state index in [0.29, 0.717) is 0 Å². The summed E-state index contributed by atoms with van der Waals surface area (Å²) in [6.07, 6.45) is 0.937. The molecule has 0 spiro atoms. The molecule has 1 aromatic carbocycles. The smallest absolute Gasteiger partial charge is 0.337 e. The van der Waals surface area contributed by atoms with Crippen LogP contribution in [-0.4, -0.2) is 74.2 Å². The fourth-order valence-electron chi connectivity index (χ4n) is 2.60. The molecule has 0 aromatic heterocycles. The van der Waals surface area contributed by atoms with Gasteiger partial charge in [0.1, 0.15) is 5.70 Å². The first-order chi connectivity index (χ1) is 12.0. The second-order valence-corrected chi connectivity index (χ2v) is 6.17. The number of hydrogen-bond donors (Lipinski definition) is 2. The van der Waals surface area contributed by atoms with Crippen LogP contribution in [0.25, 0.3) is 0 Å². The predicted molar refractivity (Wildman–Crippen MR) is 95.0 cm³/mol. The molecule has 1 aromatic rings. The minimum absolute atomic E-state index is 0.134. The number of methoxy groups -OCH3 is 1. The molecule has 0 aliphatic carbocycles. The summed E-state index contributed by atoms with van der Waals surface area (Å²) in [6.45, 7) is 1.11. The standard InChI is InChI=1S/C18H25N3O4/c1-20(2)9-8-13-4-6-14(7-5-13)19-16-15(18(24)25-3)12-21(10-11-22)17(16)23/h4-7,19,22H,8-12H2,1-3H3. The minimum atomic E-state index is -0.543. The molecule has 1 aliphatic rings. The van der Waals surface area contributed by atoms with Crippen molar-refractivity contribution in [3.8, 4) is 0 Å². The molecule has 1 aliphatic heterocycles. The van der Waals surface area contributed by atoms with Crippen LogP contribution in [0, 0.1) is 0 Å². The van der Waals surface area contributed by atoms with Crippen molar-refractivity contribution in [3.63, 3.8) is 0 Å². The van der Waals surface area contributed by atoms with Gasteiger partial charge >= 0.3 is 5.97 Å². The number of hydrogen-bond acceptors (Lipinski definition) is 6. The zero-order valence-electron chi connectivity index (χ0n) is 14.9. The Bertz CT molecular complexity index is 653. The third-order valence-corrected chi connectivity index (χ3v) is 4.02. The Hall–Kier alpha value is -2.38. The van der Waals surface area contributed by atoms with E-state index < -0.39 is 5.97 Å². The number of likely N-dealkylation sites (N-methyl/N-ethyl adjacent to an activating group) is 1. The van der Waals surface area contributed by atoms with Gasteiger partial charge in [0.25, 0.3) is 5.91 Å². The highest BCUT2D eigenvalue weighted by molar-refractivity contribution is 6.08.